The summed E-state index contributed by atoms with van der Waals surface area (Å²) in [5.41, 5.74) is 0.319. The molecule has 0 saturated heterocycles. The number of carbonyl (C=O) groups is 1. The van der Waals surface area contributed by atoms with Gasteiger partial charge < -0.3 is 19.4 Å². The SMILES string of the molecule is COc1ccc(OCc2nnc(SCC(=O)Nc3c(Cl)cc(Cl)cc3Cl)n2C)cc1. The standard InChI is InChI=1S/C19H17Cl3N4O3S/c1-26-16(9-29-13-5-3-12(28-2)4-6-13)24-25-19(26)30-10-17(27)23-18-14(21)7-11(20)8-15(18)22/h3-8H,9-10H2,1-2H3,(H,23,27). The van der Waals surface area contributed by atoms with Crippen LogP contribution in [0.3, 0.4) is 0 Å². The van der Waals surface area contributed by atoms with Crippen LogP contribution < -0.4 is 14.8 Å². The smallest absolute Gasteiger partial charge is 0.234 e. The van der Waals surface area contributed by atoms with E-state index < -0.39 is 0 Å². The molecule has 0 aliphatic heterocycles. The van der Waals surface area contributed by atoms with Crippen LogP contribution >= 0.6 is 46.6 Å². The van der Waals surface area contributed by atoms with E-state index in [0.29, 0.717) is 27.4 Å². The van der Waals surface area contributed by atoms with Gasteiger partial charge in [-0.3, -0.25) is 4.79 Å². The summed E-state index contributed by atoms with van der Waals surface area (Å²) in [5.74, 6) is 1.87. The Labute approximate surface area is 192 Å². The molecular weight excluding hydrogens is 471 g/mol. The summed E-state index contributed by atoms with van der Waals surface area (Å²) in [6.45, 7) is 0.235. The topological polar surface area (TPSA) is 78.3 Å². The van der Waals surface area contributed by atoms with Crippen LogP contribution in [0.5, 0.6) is 11.5 Å². The van der Waals surface area contributed by atoms with Gasteiger partial charge in [0.25, 0.3) is 0 Å². The van der Waals surface area contributed by atoms with Crippen LogP contribution in [0, 0.1) is 0 Å². The van der Waals surface area contributed by atoms with E-state index in [1.54, 1.807) is 18.7 Å². The summed E-state index contributed by atoms with van der Waals surface area (Å²) in [6, 6.07) is 10.3. The quantitative estimate of drug-likeness (QED) is 0.446. The lowest BCUT2D eigenvalue weighted by Gasteiger charge is -2.10. The van der Waals surface area contributed by atoms with Gasteiger partial charge in [0, 0.05) is 12.1 Å². The van der Waals surface area contributed by atoms with E-state index >= 15 is 0 Å². The zero-order chi connectivity index (χ0) is 21.7. The predicted molar refractivity (Wildman–Crippen MR) is 119 cm³/mol. The monoisotopic (exact) mass is 486 g/mol. The summed E-state index contributed by atoms with van der Waals surface area (Å²) < 4.78 is 12.6. The van der Waals surface area contributed by atoms with Crippen molar-refractivity contribution in [3.8, 4) is 11.5 Å². The molecule has 0 fully saturated rings. The Hall–Kier alpha value is -2.13. The third kappa shape index (κ3) is 5.72. The molecule has 1 N–H and O–H groups in total. The fourth-order valence-corrected chi connectivity index (χ4v) is 4.02. The summed E-state index contributed by atoms with van der Waals surface area (Å²) in [5, 5.41) is 12.4. The first-order chi connectivity index (χ1) is 14.4. The third-order valence-corrected chi connectivity index (χ3v) is 5.79. The molecule has 1 aromatic heterocycles. The van der Waals surface area contributed by atoms with Crippen LogP contribution in [-0.4, -0.2) is 33.5 Å². The molecule has 0 unspecified atom stereocenters. The predicted octanol–water partition coefficient (Wildman–Crippen LogP) is 5.09. The summed E-state index contributed by atoms with van der Waals surface area (Å²) in [6.07, 6.45) is 0. The molecule has 1 heterocycles. The van der Waals surface area contributed by atoms with Gasteiger partial charge in [-0.25, -0.2) is 0 Å². The number of nitrogens with zero attached hydrogens (tertiary/aromatic N) is 3. The van der Waals surface area contributed by atoms with Crippen molar-refractivity contribution < 1.29 is 14.3 Å². The Morgan fingerprint density at radius 2 is 1.73 bits per heavy atom. The zero-order valence-corrected chi connectivity index (χ0v) is 19.1. The molecule has 0 saturated carbocycles. The van der Waals surface area contributed by atoms with Gasteiger partial charge in [-0.15, -0.1) is 10.2 Å². The lowest BCUT2D eigenvalue weighted by molar-refractivity contribution is -0.113. The van der Waals surface area contributed by atoms with Gasteiger partial charge in [0.15, 0.2) is 11.0 Å². The van der Waals surface area contributed by atoms with E-state index in [4.69, 9.17) is 44.3 Å². The Morgan fingerprint density at radius 1 is 1.10 bits per heavy atom. The van der Waals surface area contributed by atoms with Gasteiger partial charge in [-0.1, -0.05) is 46.6 Å². The van der Waals surface area contributed by atoms with Crippen LogP contribution in [0.2, 0.25) is 15.1 Å². The number of ether oxygens (including phenoxy) is 2. The molecule has 0 aliphatic carbocycles. The Balaban J connectivity index is 1.55. The number of halogens is 3. The Morgan fingerprint density at radius 3 is 2.37 bits per heavy atom. The van der Waals surface area contributed by atoms with Gasteiger partial charge in [0.05, 0.1) is 28.6 Å². The third-order valence-electron chi connectivity index (χ3n) is 3.96. The summed E-state index contributed by atoms with van der Waals surface area (Å²) in [7, 11) is 3.41. The molecular formula is C19H17Cl3N4O3S. The molecule has 3 rings (SSSR count). The van der Waals surface area contributed by atoms with Crippen molar-refractivity contribution in [2.45, 2.75) is 11.8 Å². The molecule has 1 amide bonds. The van der Waals surface area contributed by atoms with Crippen LogP contribution in [0.25, 0.3) is 0 Å². The number of aromatic nitrogens is 3. The zero-order valence-electron chi connectivity index (χ0n) is 16.0. The number of nitrogens with one attached hydrogen (secondary N) is 1. The second-order valence-electron chi connectivity index (χ2n) is 6.00. The first kappa shape index (κ1) is 22.6. The number of hydrogen-bond donors (Lipinski definition) is 1. The number of thioether (sulfide) groups is 1. The minimum Gasteiger partial charge on any atom is -0.497 e. The number of anilines is 1. The molecule has 0 radical (unpaired) electrons. The molecule has 158 valence electrons. The second kappa shape index (κ2) is 10.3. The van der Waals surface area contributed by atoms with Gasteiger partial charge in [0.2, 0.25) is 5.91 Å². The van der Waals surface area contributed by atoms with Crippen LogP contribution in [0.1, 0.15) is 5.82 Å². The lowest BCUT2D eigenvalue weighted by Crippen LogP contribution is -2.15. The highest BCUT2D eigenvalue weighted by Gasteiger charge is 2.15. The summed E-state index contributed by atoms with van der Waals surface area (Å²) >= 11 is 19.3. The molecule has 0 aliphatic rings. The fourth-order valence-electron chi connectivity index (χ4n) is 2.38. The van der Waals surface area contributed by atoms with Crippen molar-refractivity contribution >= 4 is 58.2 Å². The molecule has 2 aromatic carbocycles. The van der Waals surface area contributed by atoms with Crippen molar-refractivity contribution in [1.82, 2.24) is 14.8 Å². The molecule has 0 atom stereocenters. The minimum atomic E-state index is -0.287. The van der Waals surface area contributed by atoms with E-state index in [1.165, 1.54) is 23.9 Å². The number of rotatable bonds is 8. The van der Waals surface area contributed by atoms with Crippen molar-refractivity contribution in [3.05, 3.63) is 57.3 Å². The van der Waals surface area contributed by atoms with Gasteiger partial charge >= 0.3 is 0 Å². The number of amides is 1. The highest BCUT2D eigenvalue weighted by Crippen LogP contribution is 2.33. The van der Waals surface area contributed by atoms with E-state index in [-0.39, 0.29) is 28.3 Å². The Bertz CT molecular complexity index is 1020. The largest absolute Gasteiger partial charge is 0.497 e. The molecule has 0 bridgehead atoms. The summed E-state index contributed by atoms with van der Waals surface area (Å²) in [4.78, 5) is 12.3. The minimum absolute atomic E-state index is 0.0978. The normalized spacial score (nSPS) is 10.7. The molecule has 11 heteroatoms. The highest BCUT2D eigenvalue weighted by atomic mass is 35.5. The van der Waals surface area contributed by atoms with Crippen LogP contribution in [0.15, 0.2) is 41.6 Å². The van der Waals surface area contributed by atoms with Crippen molar-refractivity contribution in [2.24, 2.45) is 7.05 Å². The lowest BCUT2D eigenvalue weighted by atomic mass is 10.3. The first-order valence-electron chi connectivity index (χ1n) is 8.59. The maximum atomic E-state index is 12.3. The first-order valence-corrected chi connectivity index (χ1v) is 10.7. The van der Waals surface area contributed by atoms with Crippen LogP contribution in [0.4, 0.5) is 5.69 Å². The highest BCUT2D eigenvalue weighted by molar-refractivity contribution is 7.99. The average molecular weight is 488 g/mol. The Kier molecular flexibility index (Phi) is 7.71. The van der Waals surface area contributed by atoms with Crippen molar-refractivity contribution in [1.29, 1.82) is 0 Å². The van der Waals surface area contributed by atoms with E-state index in [9.17, 15) is 4.79 Å². The van der Waals surface area contributed by atoms with Gasteiger partial charge in [-0.2, -0.15) is 0 Å². The number of hydrogen-bond acceptors (Lipinski definition) is 6. The van der Waals surface area contributed by atoms with E-state index in [1.807, 2.05) is 24.3 Å². The number of methoxy groups -OCH3 is 1. The van der Waals surface area contributed by atoms with Gasteiger partial charge in [0.1, 0.15) is 18.1 Å². The van der Waals surface area contributed by atoms with Gasteiger partial charge in [-0.05, 0) is 36.4 Å². The number of benzene rings is 2. The van der Waals surface area contributed by atoms with Crippen LogP contribution in [-0.2, 0) is 18.4 Å². The van der Waals surface area contributed by atoms with E-state index in [2.05, 4.69) is 15.5 Å². The molecule has 3 aromatic rings. The molecule has 0 spiro atoms. The second-order valence-corrected chi connectivity index (χ2v) is 8.20. The number of carbonyl (C=O) groups excluding carboxylic acids is 1. The average Bonchev–Trinajstić information content (AvgIpc) is 3.07. The van der Waals surface area contributed by atoms with Crippen molar-refractivity contribution in [3.63, 3.8) is 0 Å². The molecule has 30 heavy (non-hydrogen) atoms. The van der Waals surface area contributed by atoms with Crippen molar-refractivity contribution in [2.75, 3.05) is 18.2 Å². The maximum Gasteiger partial charge on any atom is 0.234 e. The molecule has 7 nitrogen and oxygen atoms in total. The van der Waals surface area contributed by atoms with E-state index in [0.717, 1.165) is 5.75 Å². The maximum absolute atomic E-state index is 12.3. The fraction of sp³-hybridized carbons (Fsp3) is 0.211.